The second kappa shape index (κ2) is 9.19. The molecule has 36 heavy (non-hydrogen) atoms. The number of rotatable bonds is 5. The van der Waals surface area contributed by atoms with Gasteiger partial charge >= 0.3 is 12.2 Å². The van der Waals surface area contributed by atoms with E-state index in [-0.39, 0.29) is 23.1 Å². The molecule has 4 atom stereocenters. The normalized spacial score (nSPS) is 26.2. The van der Waals surface area contributed by atoms with E-state index in [2.05, 4.69) is 15.6 Å². The van der Waals surface area contributed by atoms with Crippen LogP contribution in [-0.4, -0.2) is 55.0 Å². The third-order valence-electron chi connectivity index (χ3n) is 6.72. The number of carbonyl (C=O) groups excluding carboxylic acids is 2. The maximum atomic E-state index is 14.5. The van der Waals surface area contributed by atoms with E-state index in [4.69, 9.17) is 9.47 Å². The molecule has 0 aliphatic carbocycles. The summed E-state index contributed by atoms with van der Waals surface area (Å²) in [5.41, 5.74) is -2.76. The highest BCUT2D eigenvalue weighted by atomic mass is 19.4. The Labute approximate surface area is 202 Å². The molecule has 0 bridgehead atoms. The number of nitrogens with zero attached hydrogens (tertiary/aromatic N) is 2. The number of methoxy groups -OCH3 is 1. The maximum absolute atomic E-state index is 14.5. The number of pyridine rings is 1. The number of anilines is 2. The highest BCUT2D eigenvalue weighted by molar-refractivity contribution is 5.97. The molecule has 194 valence electrons. The van der Waals surface area contributed by atoms with Crippen LogP contribution in [0.25, 0.3) is 0 Å². The lowest BCUT2D eigenvalue weighted by Gasteiger charge is -2.32. The van der Waals surface area contributed by atoms with Gasteiger partial charge in [0.05, 0.1) is 7.11 Å². The highest BCUT2D eigenvalue weighted by Crippen LogP contribution is 2.55. The van der Waals surface area contributed by atoms with Crippen molar-refractivity contribution in [2.45, 2.75) is 37.6 Å². The van der Waals surface area contributed by atoms with Crippen molar-refractivity contribution >= 4 is 23.4 Å². The standard InChI is InChI=1S/C23H23F5N4O4/c1-11-16(13-4-5-14(24)17(25)18(13)35-3)19(36-22(11,2)23(26,27)28)20(33)31-12-6-7-29-15(10-12)32-9-8-30-21(32)34/h4-7,10-11,16,19H,8-9H2,1-3H3,(H,30,34)(H,29,31,33)/t11-,16-,19+,22+/m0/s1. The number of carbonyl (C=O) groups is 2. The van der Waals surface area contributed by atoms with Crippen LogP contribution in [0, 0.1) is 17.6 Å². The molecule has 0 saturated carbocycles. The predicted molar refractivity (Wildman–Crippen MR) is 118 cm³/mol. The number of aromatic nitrogens is 1. The molecular formula is C23H23F5N4O4. The van der Waals surface area contributed by atoms with Crippen LogP contribution in [0.15, 0.2) is 30.5 Å². The molecule has 0 spiro atoms. The molecule has 2 aliphatic rings. The molecule has 3 heterocycles. The van der Waals surface area contributed by atoms with E-state index in [0.29, 0.717) is 13.1 Å². The number of ether oxygens (including phenoxy) is 2. The Morgan fingerprint density at radius 3 is 2.64 bits per heavy atom. The van der Waals surface area contributed by atoms with Crippen LogP contribution in [0.4, 0.5) is 38.3 Å². The van der Waals surface area contributed by atoms with Crippen LogP contribution in [0.3, 0.4) is 0 Å². The van der Waals surface area contributed by atoms with E-state index in [9.17, 15) is 31.5 Å². The quantitative estimate of drug-likeness (QED) is 0.589. The first-order valence-electron chi connectivity index (χ1n) is 11.0. The van der Waals surface area contributed by atoms with Gasteiger partial charge in [-0.15, -0.1) is 0 Å². The fourth-order valence-corrected chi connectivity index (χ4v) is 4.59. The second-order valence-corrected chi connectivity index (χ2v) is 8.72. The molecule has 1 aromatic heterocycles. The summed E-state index contributed by atoms with van der Waals surface area (Å²) in [6, 6.07) is 4.24. The minimum absolute atomic E-state index is 0.138. The minimum Gasteiger partial charge on any atom is -0.493 e. The van der Waals surface area contributed by atoms with Crippen LogP contribution < -0.4 is 20.3 Å². The summed E-state index contributed by atoms with van der Waals surface area (Å²) in [5, 5.41) is 5.11. The summed E-state index contributed by atoms with van der Waals surface area (Å²) in [6.45, 7) is 2.77. The molecule has 13 heteroatoms. The van der Waals surface area contributed by atoms with E-state index in [0.717, 1.165) is 26.2 Å². The predicted octanol–water partition coefficient (Wildman–Crippen LogP) is 3.98. The molecule has 2 fully saturated rings. The zero-order valence-electron chi connectivity index (χ0n) is 19.5. The maximum Gasteiger partial charge on any atom is 0.417 e. The molecule has 8 nitrogen and oxygen atoms in total. The first kappa shape index (κ1) is 25.6. The zero-order chi connectivity index (χ0) is 26.4. The first-order valence-corrected chi connectivity index (χ1v) is 11.0. The monoisotopic (exact) mass is 514 g/mol. The molecule has 2 aromatic rings. The summed E-state index contributed by atoms with van der Waals surface area (Å²) < 4.78 is 80.8. The van der Waals surface area contributed by atoms with E-state index in [1.165, 1.54) is 30.2 Å². The Hall–Kier alpha value is -3.48. The van der Waals surface area contributed by atoms with Gasteiger partial charge in [-0.25, -0.2) is 14.2 Å². The molecule has 3 amide bonds. The zero-order valence-corrected chi connectivity index (χ0v) is 19.5. The van der Waals surface area contributed by atoms with Gasteiger partial charge in [-0.2, -0.15) is 17.6 Å². The van der Waals surface area contributed by atoms with E-state index < -0.39 is 53.0 Å². The van der Waals surface area contributed by atoms with E-state index in [1.807, 2.05) is 0 Å². The van der Waals surface area contributed by atoms with Crippen LogP contribution in [0.2, 0.25) is 0 Å². The van der Waals surface area contributed by atoms with Gasteiger partial charge in [0.15, 0.2) is 17.2 Å². The number of halogens is 5. The van der Waals surface area contributed by atoms with Crippen LogP contribution in [0.1, 0.15) is 25.3 Å². The third-order valence-corrected chi connectivity index (χ3v) is 6.72. The summed E-state index contributed by atoms with van der Waals surface area (Å²) in [7, 11) is 1.05. The highest BCUT2D eigenvalue weighted by Gasteiger charge is 2.65. The van der Waals surface area contributed by atoms with E-state index >= 15 is 0 Å². The lowest BCUT2D eigenvalue weighted by atomic mass is 9.77. The van der Waals surface area contributed by atoms with Crippen molar-refractivity contribution in [3.8, 4) is 5.75 Å². The number of hydrogen-bond acceptors (Lipinski definition) is 5. The Bertz CT molecular complexity index is 1190. The lowest BCUT2D eigenvalue weighted by molar-refractivity contribution is -0.272. The van der Waals surface area contributed by atoms with Crippen molar-refractivity contribution in [2.24, 2.45) is 5.92 Å². The van der Waals surface area contributed by atoms with Crippen LogP contribution >= 0.6 is 0 Å². The average molecular weight is 514 g/mol. The Kier molecular flexibility index (Phi) is 6.54. The van der Waals surface area contributed by atoms with Crippen molar-refractivity contribution in [1.82, 2.24) is 10.3 Å². The van der Waals surface area contributed by atoms with Gasteiger partial charge in [0.25, 0.3) is 5.91 Å². The number of urea groups is 1. The molecular weight excluding hydrogens is 491 g/mol. The summed E-state index contributed by atoms with van der Waals surface area (Å²) in [5.74, 6) is -6.69. The van der Waals surface area contributed by atoms with Crippen molar-refractivity contribution in [1.29, 1.82) is 0 Å². The summed E-state index contributed by atoms with van der Waals surface area (Å²) in [6.07, 6.45) is -5.29. The number of hydrogen-bond donors (Lipinski definition) is 2. The molecule has 4 rings (SSSR count). The van der Waals surface area contributed by atoms with Crippen LogP contribution in [-0.2, 0) is 9.53 Å². The van der Waals surface area contributed by atoms with Crippen molar-refractivity contribution in [3.05, 3.63) is 47.7 Å². The lowest BCUT2D eigenvalue weighted by Crippen LogP contribution is -2.47. The molecule has 0 radical (unpaired) electrons. The van der Waals surface area contributed by atoms with Gasteiger partial charge in [-0.3, -0.25) is 9.69 Å². The second-order valence-electron chi connectivity index (χ2n) is 8.72. The van der Waals surface area contributed by atoms with Crippen LogP contribution in [0.5, 0.6) is 5.75 Å². The van der Waals surface area contributed by atoms with Crippen molar-refractivity contribution in [2.75, 3.05) is 30.4 Å². The smallest absolute Gasteiger partial charge is 0.417 e. The SMILES string of the molecule is COc1c([C@H]2[C@H](C(=O)Nc3ccnc(N4CCNC4=O)c3)O[C@@](C)(C(F)(F)F)[C@H]2C)ccc(F)c1F. The minimum atomic E-state index is -4.88. The molecule has 1 aromatic carbocycles. The van der Waals surface area contributed by atoms with E-state index in [1.54, 1.807) is 0 Å². The number of alkyl halides is 3. The van der Waals surface area contributed by atoms with Gasteiger partial charge < -0.3 is 20.1 Å². The number of nitrogens with one attached hydrogen (secondary N) is 2. The molecule has 2 aliphatic heterocycles. The van der Waals surface area contributed by atoms with Gasteiger partial charge in [-0.05, 0) is 19.1 Å². The summed E-state index contributed by atoms with van der Waals surface area (Å²) >= 11 is 0. The van der Waals surface area contributed by atoms with Gasteiger partial charge in [-0.1, -0.05) is 13.0 Å². The van der Waals surface area contributed by atoms with Gasteiger partial charge in [0.1, 0.15) is 11.9 Å². The summed E-state index contributed by atoms with van der Waals surface area (Å²) in [4.78, 5) is 30.6. The van der Waals surface area contributed by atoms with Gasteiger partial charge in [0, 0.05) is 48.4 Å². The number of benzene rings is 1. The fraction of sp³-hybridized carbons (Fsp3) is 0.435. The third kappa shape index (κ3) is 4.21. The van der Waals surface area contributed by atoms with Crippen molar-refractivity contribution < 1.29 is 41.0 Å². The average Bonchev–Trinajstić information content (AvgIpc) is 3.37. The first-order chi connectivity index (χ1) is 16.9. The largest absolute Gasteiger partial charge is 0.493 e. The Morgan fingerprint density at radius 1 is 1.31 bits per heavy atom. The number of amides is 3. The molecule has 2 saturated heterocycles. The molecule has 0 unspecified atom stereocenters. The Balaban J connectivity index is 1.71. The fourth-order valence-electron chi connectivity index (χ4n) is 4.59. The topological polar surface area (TPSA) is 92.8 Å². The van der Waals surface area contributed by atoms with Crippen molar-refractivity contribution in [3.63, 3.8) is 0 Å². The van der Waals surface area contributed by atoms with Gasteiger partial charge in [0.2, 0.25) is 5.82 Å². The molecule has 2 N–H and O–H groups in total. The Morgan fingerprint density at radius 2 is 2.03 bits per heavy atom.